The van der Waals surface area contributed by atoms with Crippen molar-refractivity contribution >= 4 is 12.6 Å². The lowest BCUT2D eigenvalue weighted by Crippen LogP contribution is -2.04. The van der Waals surface area contributed by atoms with Gasteiger partial charge in [-0.25, -0.2) is 17.6 Å². The first-order valence-electron chi connectivity index (χ1n) is 7.76. The highest BCUT2D eigenvalue weighted by atomic mass is 32.1. The van der Waals surface area contributed by atoms with Crippen molar-refractivity contribution in [1.29, 1.82) is 0 Å². The molecule has 27 heavy (non-hydrogen) atoms. The Morgan fingerprint density at radius 2 is 1.26 bits per heavy atom. The van der Waals surface area contributed by atoms with Crippen LogP contribution in [0.4, 0.5) is 17.6 Å². The van der Waals surface area contributed by atoms with Crippen molar-refractivity contribution in [3.05, 3.63) is 65.7 Å². The van der Waals surface area contributed by atoms with Gasteiger partial charge >= 0.3 is 0 Å². The van der Waals surface area contributed by atoms with Crippen LogP contribution in [0.15, 0.2) is 47.4 Å². The van der Waals surface area contributed by atoms with Gasteiger partial charge in [-0.15, -0.1) is 12.6 Å². The molecule has 0 atom stereocenters. The van der Waals surface area contributed by atoms with E-state index in [1.165, 1.54) is 56.7 Å². The maximum atomic E-state index is 14.8. The summed E-state index contributed by atoms with van der Waals surface area (Å²) in [7, 11) is 2.63. The van der Waals surface area contributed by atoms with Gasteiger partial charge in [-0.05, 0) is 35.9 Å². The number of benzene rings is 3. The van der Waals surface area contributed by atoms with Crippen molar-refractivity contribution in [3.8, 4) is 33.8 Å². The van der Waals surface area contributed by atoms with Crippen LogP contribution >= 0.6 is 12.6 Å². The smallest absolute Gasteiger partial charge is 0.170 e. The fourth-order valence-electron chi connectivity index (χ4n) is 2.76. The predicted octanol–water partition coefficient (Wildman–Crippen LogP) is 5.88. The number of ether oxygens (including phenoxy) is 2. The lowest BCUT2D eigenvalue weighted by molar-refractivity contribution is 0.403. The monoisotopic (exact) mass is 394 g/mol. The molecule has 2 nitrogen and oxygen atoms in total. The lowest BCUT2D eigenvalue weighted by atomic mass is 9.96. The predicted molar refractivity (Wildman–Crippen MR) is 97.5 cm³/mol. The molecule has 3 rings (SSSR count). The minimum atomic E-state index is -1.52. The van der Waals surface area contributed by atoms with Crippen LogP contribution < -0.4 is 9.47 Å². The summed E-state index contributed by atoms with van der Waals surface area (Å²) in [6.07, 6.45) is 0. The summed E-state index contributed by atoms with van der Waals surface area (Å²) in [6.45, 7) is 0. The second kappa shape index (κ2) is 7.52. The zero-order chi connectivity index (χ0) is 19.7. The van der Waals surface area contributed by atoms with Crippen LogP contribution in [-0.2, 0) is 0 Å². The SMILES string of the molecule is COc1ccc(OC)c(-c2c(F)c(F)c(-c3ccc(S)cc3)c(F)c2F)c1. The Morgan fingerprint density at radius 3 is 1.78 bits per heavy atom. The van der Waals surface area contributed by atoms with Crippen LogP contribution in [0.3, 0.4) is 0 Å². The van der Waals surface area contributed by atoms with Gasteiger partial charge in [0.05, 0.1) is 25.3 Å². The van der Waals surface area contributed by atoms with E-state index in [-0.39, 0.29) is 22.6 Å². The van der Waals surface area contributed by atoms with Gasteiger partial charge in [0, 0.05) is 10.5 Å². The van der Waals surface area contributed by atoms with Crippen molar-refractivity contribution in [2.75, 3.05) is 14.2 Å². The van der Waals surface area contributed by atoms with Gasteiger partial charge in [-0.1, -0.05) is 12.1 Å². The molecular formula is C20H14F4O2S. The van der Waals surface area contributed by atoms with Gasteiger partial charge in [0.15, 0.2) is 23.3 Å². The van der Waals surface area contributed by atoms with Gasteiger partial charge in [-0.3, -0.25) is 0 Å². The summed E-state index contributed by atoms with van der Waals surface area (Å²) in [4.78, 5) is 0.540. The van der Waals surface area contributed by atoms with Gasteiger partial charge < -0.3 is 9.47 Å². The highest BCUT2D eigenvalue weighted by Gasteiger charge is 2.28. The quantitative estimate of drug-likeness (QED) is 0.338. The summed E-state index contributed by atoms with van der Waals surface area (Å²) < 4.78 is 69.2. The molecule has 3 aromatic carbocycles. The van der Waals surface area contributed by atoms with Crippen molar-refractivity contribution in [1.82, 2.24) is 0 Å². The normalized spacial score (nSPS) is 10.8. The molecular weight excluding hydrogens is 380 g/mol. The lowest BCUT2D eigenvalue weighted by Gasteiger charge is -2.15. The van der Waals surface area contributed by atoms with E-state index >= 15 is 0 Å². The van der Waals surface area contributed by atoms with Crippen molar-refractivity contribution < 1.29 is 27.0 Å². The molecule has 0 fully saturated rings. The van der Waals surface area contributed by atoms with Crippen molar-refractivity contribution in [2.24, 2.45) is 0 Å². The Morgan fingerprint density at radius 1 is 0.704 bits per heavy atom. The molecule has 3 aromatic rings. The van der Waals surface area contributed by atoms with E-state index in [1.807, 2.05) is 0 Å². The largest absolute Gasteiger partial charge is 0.497 e. The Balaban J connectivity index is 2.31. The van der Waals surface area contributed by atoms with Crippen LogP contribution in [0.25, 0.3) is 22.3 Å². The maximum absolute atomic E-state index is 14.8. The molecule has 0 N–H and O–H groups in total. The van der Waals surface area contributed by atoms with E-state index in [2.05, 4.69) is 12.6 Å². The first-order chi connectivity index (χ1) is 12.9. The standard InChI is InChI=1S/C20H14F4O2S/c1-25-11-5-8-14(26-2)13(9-11)16-19(23)17(21)15(18(22)20(16)24)10-3-6-12(27)7-4-10/h3-9,27H,1-2H3. The molecule has 140 valence electrons. The molecule has 0 saturated carbocycles. The maximum Gasteiger partial charge on any atom is 0.170 e. The Kier molecular flexibility index (Phi) is 5.32. The third kappa shape index (κ3) is 3.35. The molecule has 0 unspecified atom stereocenters. The van der Waals surface area contributed by atoms with Gasteiger partial charge in [0.1, 0.15) is 11.5 Å². The third-order valence-corrected chi connectivity index (χ3v) is 4.39. The van der Waals surface area contributed by atoms with Crippen LogP contribution in [0.1, 0.15) is 0 Å². The Hall–Kier alpha value is -2.67. The van der Waals surface area contributed by atoms with Gasteiger partial charge in [-0.2, -0.15) is 0 Å². The van der Waals surface area contributed by atoms with E-state index in [9.17, 15) is 17.6 Å². The number of hydrogen-bond acceptors (Lipinski definition) is 3. The molecule has 0 radical (unpaired) electrons. The zero-order valence-electron chi connectivity index (χ0n) is 14.3. The molecule has 0 heterocycles. The molecule has 0 aliphatic carbocycles. The molecule has 0 bridgehead atoms. The van der Waals surface area contributed by atoms with Crippen LogP contribution in [0, 0.1) is 23.3 Å². The average Bonchev–Trinajstić information content (AvgIpc) is 2.68. The Bertz CT molecular complexity index is 975. The van der Waals surface area contributed by atoms with E-state index < -0.39 is 34.4 Å². The fourth-order valence-corrected chi connectivity index (χ4v) is 2.91. The number of thiol groups is 1. The number of methoxy groups -OCH3 is 2. The minimum absolute atomic E-state index is 0.00948. The highest BCUT2D eigenvalue weighted by Crippen LogP contribution is 2.41. The number of halogens is 4. The van der Waals surface area contributed by atoms with E-state index in [4.69, 9.17) is 9.47 Å². The third-order valence-electron chi connectivity index (χ3n) is 4.10. The molecule has 0 spiro atoms. The molecule has 0 aliphatic rings. The number of rotatable bonds is 4. The summed E-state index contributed by atoms with van der Waals surface area (Å²) in [5, 5.41) is 0. The van der Waals surface area contributed by atoms with Gasteiger partial charge in [0.25, 0.3) is 0 Å². The van der Waals surface area contributed by atoms with Crippen LogP contribution in [0.5, 0.6) is 11.5 Å². The van der Waals surface area contributed by atoms with Crippen molar-refractivity contribution in [2.45, 2.75) is 4.90 Å². The molecule has 0 amide bonds. The second-order valence-electron chi connectivity index (χ2n) is 5.62. The first kappa shape index (κ1) is 19.1. The summed E-state index contributed by atoms with van der Waals surface area (Å²) in [5.74, 6) is -5.75. The zero-order valence-corrected chi connectivity index (χ0v) is 15.2. The molecule has 0 saturated heterocycles. The van der Waals surface area contributed by atoms with E-state index in [1.54, 1.807) is 0 Å². The Labute approximate surface area is 158 Å². The van der Waals surface area contributed by atoms with Gasteiger partial charge in [0.2, 0.25) is 0 Å². The summed E-state index contributed by atoms with van der Waals surface area (Å²) in [6, 6.07) is 9.72. The topological polar surface area (TPSA) is 18.5 Å². The highest BCUT2D eigenvalue weighted by molar-refractivity contribution is 7.80. The van der Waals surface area contributed by atoms with E-state index in [0.717, 1.165) is 0 Å². The summed E-state index contributed by atoms with van der Waals surface area (Å²) >= 11 is 4.08. The van der Waals surface area contributed by atoms with E-state index in [0.29, 0.717) is 4.90 Å². The first-order valence-corrected chi connectivity index (χ1v) is 8.21. The minimum Gasteiger partial charge on any atom is -0.497 e. The fraction of sp³-hybridized carbons (Fsp3) is 0.100. The average molecular weight is 394 g/mol. The second-order valence-corrected chi connectivity index (χ2v) is 6.14. The summed E-state index contributed by atoms with van der Waals surface area (Å²) in [5.41, 5.74) is -1.83. The van der Waals surface area contributed by atoms with Crippen LogP contribution in [-0.4, -0.2) is 14.2 Å². The van der Waals surface area contributed by atoms with Crippen LogP contribution in [0.2, 0.25) is 0 Å². The molecule has 0 aromatic heterocycles. The van der Waals surface area contributed by atoms with Crippen molar-refractivity contribution in [3.63, 3.8) is 0 Å². The number of hydrogen-bond donors (Lipinski definition) is 1. The molecule has 0 aliphatic heterocycles. The molecule has 7 heteroatoms.